The van der Waals surface area contributed by atoms with Gasteiger partial charge in [0.25, 0.3) is 0 Å². The fourth-order valence-corrected chi connectivity index (χ4v) is 1.19. The third-order valence-corrected chi connectivity index (χ3v) is 2.02. The van der Waals surface area contributed by atoms with Crippen LogP contribution in [0.15, 0.2) is 18.6 Å². The van der Waals surface area contributed by atoms with Crippen LogP contribution in [0.25, 0.3) is 0 Å². The van der Waals surface area contributed by atoms with E-state index in [2.05, 4.69) is 15.2 Å². The maximum absolute atomic E-state index is 5.63. The van der Waals surface area contributed by atoms with Gasteiger partial charge in [-0.05, 0) is 6.92 Å². The van der Waals surface area contributed by atoms with Gasteiger partial charge in [0.05, 0.1) is 12.7 Å². The number of aromatic amines is 1. The molecule has 0 saturated heterocycles. The van der Waals surface area contributed by atoms with Gasteiger partial charge in [0.1, 0.15) is 0 Å². The molecule has 2 aromatic rings. The minimum atomic E-state index is 0.528. The molecule has 2 rings (SSSR count). The molecule has 0 spiro atoms. The molecule has 5 heteroatoms. The molecule has 2 aromatic heterocycles. The Morgan fingerprint density at radius 3 is 3.00 bits per heavy atom. The molecule has 0 amide bonds. The number of nitrogens with two attached hydrogens (primary N) is 1. The Balaban J connectivity index is 2.24. The molecule has 13 heavy (non-hydrogen) atoms. The number of nitrogens with one attached hydrogen (secondary N) is 1. The lowest BCUT2D eigenvalue weighted by atomic mass is 10.2. The van der Waals surface area contributed by atoms with Crippen LogP contribution in [0, 0.1) is 6.92 Å². The molecule has 0 aliphatic heterocycles. The number of aryl methyl sites for hydroxylation is 1. The average Bonchev–Trinajstić information content (AvgIpc) is 2.65. The van der Waals surface area contributed by atoms with Gasteiger partial charge in [0, 0.05) is 23.7 Å². The largest absolute Gasteiger partial charge is 0.369 e. The van der Waals surface area contributed by atoms with Crippen molar-refractivity contribution in [2.45, 2.75) is 13.5 Å². The van der Waals surface area contributed by atoms with E-state index < -0.39 is 0 Å². The zero-order valence-electron chi connectivity index (χ0n) is 7.36. The molecule has 5 nitrogen and oxygen atoms in total. The molecule has 2 heterocycles. The number of nitrogen functional groups attached to an aromatic ring is 1. The molecule has 68 valence electrons. The number of imidazole rings is 1. The van der Waals surface area contributed by atoms with Gasteiger partial charge in [-0.1, -0.05) is 0 Å². The monoisotopic (exact) mass is 177 g/mol. The van der Waals surface area contributed by atoms with Crippen LogP contribution < -0.4 is 5.73 Å². The summed E-state index contributed by atoms with van der Waals surface area (Å²) < 4.78 is 1.87. The van der Waals surface area contributed by atoms with Crippen LogP contribution in [0.5, 0.6) is 0 Å². The maximum Gasteiger partial charge on any atom is 0.200 e. The fraction of sp³-hybridized carbons (Fsp3) is 0.250. The number of nitrogens with zero attached hydrogens (tertiary/aromatic N) is 3. The SMILES string of the molecule is Cc1[nH]ncc1Cn1ccnc1N. The van der Waals surface area contributed by atoms with Crippen molar-refractivity contribution in [2.24, 2.45) is 0 Å². The van der Waals surface area contributed by atoms with Crippen LogP contribution >= 0.6 is 0 Å². The Hall–Kier alpha value is -1.78. The molecular weight excluding hydrogens is 166 g/mol. The summed E-state index contributed by atoms with van der Waals surface area (Å²) in [6, 6.07) is 0. The molecule has 0 atom stereocenters. The highest BCUT2D eigenvalue weighted by atomic mass is 15.1. The van der Waals surface area contributed by atoms with Crippen molar-refractivity contribution in [3.63, 3.8) is 0 Å². The van der Waals surface area contributed by atoms with E-state index in [4.69, 9.17) is 5.73 Å². The van der Waals surface area contributed by atoms with Crippen molar-refractivity contribution >= 4 is 5.95 Å². The van der Waals surface area contributed by atoms with E-state index in [1.54, 1.807) is 12.4 Å². The van der Waals surface area contributed by atoms with Crippen LogP contribution in [0.3, 0.4) is 0 Å². The fourth-order valence-electron chi connectivity index (χ4n) is 1.19. The summed E-state index contributed by atoms with van der Waals surface area (Å²) in [7, 11) is 0. The second-order valence-electron chi connectivity index (χ2n) is 2.93. The highest BCUT2D eigenvalue weighted by Gasteiger charge is 2.03. The predicted octanol–water partition coefficient (Wildman–Crippen LogP) is 0.545. The topological polar surface area (TPSA) is 72.5 Å². The van der Waals surface area contributed by atoms with Gasteiger partial charge in [0.2, 0.25) is 0 Å². The van der Waals surface area contributed by atoms with Crippen molar-refractivity contribution in [1.82, 2.24) is 19.7 Å². The van der Waals surface area contributed by atoms with Crippen molar-refractivity contribution in [3.05, 3.63) is 29.8 Å². The van der Waals surface area contributed by atoms with Gasteiger partial charge in [-0.15, -0.1) is 0 Å². The highest BCUT2D eigenvalue weighted by Crippen LogP contribution is 2.08. The van der Waals surface area contributed by atoms with E-state index in [9.17, 15) is 0 Å². The number of aromatic nitrogens is 4. The summed E-state index contributed by atoms with van der Waals surface area (Å²) in [6.45, 7) is 2.70. The maximum atomic E-state index is 5.63. The minimum Gasteiger partial charge on any atom is -0.369 e. The van der Waals surface area contributed by atoms with Gasteiger partial charge in [0.15, 0.2) is 5.95 Å². The molecule has 0 aromatic carbocycles. The smallest absolute Gasteiger partial charge is 0.200 e. The van der Waals surface area contributed by atoms with Crippen LogP contribution in [-0.2, 0) is 6.54 Å². The molecule has 0 saturated carbocycles. The molecule has 0 aliphatic rings. The molecule has 0 aliphatic carbocycles. The van der Waals surface area contributed by atoms with Crippen LogP contribution in [-0.4, -0.2) is 19.7 Å². The molecule has 0 fully saturated rings. The first kappa shape index (κ1) is 7.85. The zero-order valence-corrected chi connectivity index (χ0v) is 7.36. The molecule has 0 bridgehead atoms. The number of hydrogen-bond acceptors (Lipinski definition) is 3. The zero-order chi connectivity index (χ0) is 9.26. The molecule has 0 radical (unpaired) electrons. The van der Waals surface area contributed by atoms with Crippen molar-refractivity contribution in [2.75, 3.05) is 5.73 Å². The average molecular weight is 177 g/mol. The Morgan fingerprint density at radius 2 is 2.46 bits per heavy atom. The first-order chi connectivity index (χ1) is 6.27. The minimum absolute atomic E-state index is 0.528. The second-order valence-corrected chi connectivity index (χ2v) is 2.93. The van der Waals surface area contributed by atoms with Crippen LogP contribution in [0.1, 0.15) is 11.3 Å². The summed E-state index contributed by atoms with van der Waals surface area (Å²) in [6.07, 6.45) is 5.33. The molecule has 3 N–H and O–H groups in total. The van der Waals surface area contributed by atoms with Crippen LogP contribution in [0.2, 0.25) is 0 Å². The summed E-state index contributed by atoms with van der Waals surface area (Å²) in [5, 5.41) is 6.81. The first-order valence-electron chi connectivity index (χ1n) is 4.03. The Labute approximate surface area is 75.6 Å². The van der Waals surface area contributed by atoms with Crippen molar-refractivity contribution in [3.8, 4) is 0 Å². The third kappa shape index (κ3) is 1.40. The summed E-state index contributed by atoms with van der Waals surface area (Å²) >= 11 is 0. The first-order valence-corrected chi connectivity index (χ1v) is 4.03. The molecular formula is C8H11N5. The summed E-state index contributed by atoms with van der Waals surface area (Å²) in [5.41, 5.74) is 7.82. The normalized spacial score (nSPS) is 10.5. The van der Waals surface area contributed by atoms with Crippen LogP contribution in [0.4, 0.5) is 5.95 Å². The number of rotatable bonds is 2. The standard InChI is InChI=1S/C8H11N5/c1-6-7(4-11-12-6)5-13-3-2-10-8(13)9/h2-4H,5H2,1H3,(H2,9,10)(H,11,12). The van der Waals surface area contributed by atoms with E-state index in [0.29, 0.717) is 12.5 Å². The van der Waals surface area contributed by atoms with Gasteiger partial charge in [-0.2, -0.15) is 5.10 Å². The van der Waals surface area contributed by atoms with E-state index in [1.165, 1.54) is 0 Å². The Morgan fingerprint density at radius 1 is 1.62 bits per heavy atom. The third-order valence-electron chi connectivity index (χ3n) is 2.02. The van der Waals surface area contributed by atoms with Gasteiger partial charge < -0.3 is 10.3 Å². The number of H-pyrrole nitrogens is 1. The van der Waals surface area contributed by atoms with Crippen molar-refractivity contribution < 1.29 is 0 Å². The number of anilines is 1. The lowest BCUT2D eigenvalue weighted by molar-refractivity contribution is 0.806. The molecule has 0 unspecified atom stereocenters. The highest BCUT2D eigenvalue weighted by molar-refractivity contribution is 5.22. The summed E-state index contributed by atoms with van der Waals surface area (Å²) in [5.74, 6) is 0.528. The second kappa shape index (κ2) is 2.93. The summed E-state index contributed by atoms with van der Waals surface area (Å²) in [4.78, 5) is 3.94. The van der Waals surface area contributed by atoms with Crippen molar-refractivity contribution in [1.29, 1.82) is 0 Å². The van der Waals surface area contributed by atoms with E-state index in [-0.39, 0.29) is 0 Å². The van der Waals surface area contributed by atoms with E-state index in [1.807, 2.05) is 17.7 Å². The van der Waals surface area contributed by atoms with Gasteiger partial charge >= 0.3 is 0 Å². The van der Waals surface area contributed by atoms with E-state index >= 15 is 0 Å². The van der Waals surface area contributed by atoms with Gasteiger partial charge in [-0.3, -0.25) is 5.10 Å². The lowest BCUT2D eigenvalue weighted by Crippen LogP contribution is -2.03. The van der Waals surface area contributed by atoms with E-state index in [0.717, 1.165) is 11.3 Å². The lowest BCUT2D eigenvalue weighted by Gasteiger charge is -2.02. The predicted molar refractivity (Wildman–Crippen MR) is 49.1 cm³/mol. The Kier molecular flexibility index (Phi) is 1.77. The Bertz CT molecular complexity index is 362. The van der Waals surface area contributed by atoms with Gasteiger partial charge in [-0.25, -0.2) is 4.98 Å². The number of hydrogen-bond donors (Lipinski definition) is 2. The quantitative estimate of drug-likeness (QED) is 0.703.